The molecule has 1 aliphatic carbocycles. The third kappa shape index (κ3) is 1.73. The van der Waals surface area contributed by atoms with Crippen LogP contribution in [-0.4, -0.2) is 25.6 Å². The van der Waals surface area contributed by atoms with Gasteiger partial charge in [0.2, 0.25) is 5.95 Å². The Balaban J connectivity index is 2.07. The van der Waals surface area contributed by atoms with Gasteiger partial charge in [0.05, 0.1) is 5.52 Å². The molecule has 0 radical (unpaired) electrons. The van der Waals surface area contributed by atoms with E-state index in [0.29, 0.717) is 6.04 Å². The highest BCUT2D eigenvalue weighted by Gasteiger charge is 2.23. The molecule has 0 unspecified atom stereocenters. The van der Waals surface area contributed by atoms with Gasteiger partial charge >= 0.3 is 0 Å². The summed E-state index contributed by atoms with van der Waals surface area (Å²) >= 11 is 0. The first-order valence-electron chi connectivity index (χ1n) is 7.03. The lowest BCUT2D eigenvalue weighted by atomic mass is 10.1. The van der Waals surface area contributed by atoms with E-state index in [4.69, 9.17) is 4.98 Å². The highest BCUT2D eigenvalue weighted by Crippen LogP contribution is 2.27. The molecule has 0 aliphatic heterocycles. The minimum atomic E-state index is 0.541. The van der Waals surface area contributed by atoms with Gasteiger partial charge in [0.15, 0.2) is 5.65 Å². The van der Waals surface area contributed by atoms with Crippen molar-refractivity contribution in [1.29, 1.82) is 0 Å². The fourth-order valence-electron chi connectivity index (χ4n) is 2.47. The van der Waals surface area contributed by atoms with E-state index in [1.165, 1.54) is 24.0 Å². The van der Waals surface area contributed by atoms with Gasteiger partial charge in [-0.15, -0.1) is 5.10 Å². The normalized spacial score (nSPS) is 15.2. The standard InChI is InChI=1S/C15H17N5/c1-8-6-12-13(7-9(8)2)18-15(17-11-4-5-11)20-14(12)16-10(3)19-20/h6-7,11H,4-5H2,1-3H3,(H,17,18). The molecule has 20 heavy (non-hydrogen) atoms. The smallest absolute Gasteiger partial charge is 0.226 e. The quantitative estimate of drug-likeness (QED) is 0.775. The van der Waals surface area contributed by atoms with E-state index in [1.807, 2.05) is 11.4 Å². The first kappa shape index (κ1) is 11.6. The Bertz CT molecular complexity index is 829. The summed E-state index contributed by atoms with van der Waals surface area (Å²) in [4.78, 5) is 9.32. The zero-order chi connectivity index (χ0) is 13.9. The molecular formula is C15H17N5. The van der Waals surface area contributed by atoms with Gasteiger partial charge in [-0.1, -0.05) is 0 Å². The average molecular weight is 267 g/mol. The third-order valence-corrected chi connectivity index (χ3v) is 3.90. The van der Waals surface area contributed by atoms with E-state index in [-0.39, 0.29) is 0 Å². The van der Waals surface area contributed by atoms with Gasteiger partial charge < -0.3 is 5.32 Å². The van der Waals surface area contributed by atoms with Gasteiger partial charge in [0.25, 0.3) is 0 Å². The summed E-state index contributed by atoms with van der Waals surface area (Å²) < 4.78 is 1.84. The van der Waals surface area contributed by atoms with E-state index < -0.39 is 0 Å². The fourth-order valence-corrected chi connectivity index (χ4v) is 2.47. The molecule has 2 aromatic heterocycles. The Morgan fingerprint density at radius 1 is 1.10 bits per heavy atom. The minimum absolute atomic E-state index is 0.541. The van der Waals surface area contributed by atoms with Crippen molar-refractivity contribution in [3.05, 3.63) is 29.1 Å². The zero-order valence-electron chi connectivity index (χ0n) is 11.9. The number of nitrogens with one attached hydrogen (secondary N) is 1. The van der Waals surface area contributed by atoms with Crippen molar-refractivity contribution in [2.45, 2.75) is 39.7 Å². The van der Waals surface area contributed by atoms with Crippen LogP contribution in [0.3, 0.4) is 0 Å². The van der Waals surface area contributed by atoms with Crippen molar-refractivity contribution in [2.24, 2.45) is 0 Å². The summed E-state index contributed by atoms with van der Waals surface area (Å²) in [6.45, 7) is 6.15. The first-order chi connectivity index (χ1) is 9.61. The van der Waals surface area contributed by atoms with Gasteiger partial charge in [0, 0.05) is 11.4 Å². The second-order valence-corrected chi connectivity index (χ2v) is 5.70. The van der Waals surface area contributed by atoms with Crippen molar-refractivity contribution >= 4 is 22.5 Å². The second-order valence-electron chi connectivity index (χ2n) is 5.70. The Morgan fingerprint density at radius 2 is 1.85 bits per heavy atom. The van der Waals surface area contributed by atoms with Gasteiger partial charge in [-0.05, 0) is 56.9 Å². The maximum atomic E-state index is 4.75. The molecule has 4 rings (SSSR count). The molecule has 2 heterocycles. The van der Waals surface area contributed by atoms with Crippen LogP contribution in [0.25, 0.3) is 16.6 Å². The van der Waals surface area contributed by atoms with Crippen LogP contribution in [0.1, 0.15) is 29.8 Å². The Hall–Kier alpha value is -2.17. The number of benzene rings is 1. The summed E-state index contributed by atoms with van der Waals surface area (Å²) in [5.74, 6) is 1.58. The topological polar surface area (TPSA) is 55.1 Å². The van der Waals surface area contributed by atoms with Crippen LogP contribution in [-0.2, 0) is 0 Å². The molecule has 102 valence electrons. The van der Waals surface area contributed by atoms with E-state index in [1.54, 1.807) is 0 Å². The molecule has 1 N–H and O–H groups in total. The molecule has 5 nitrogen and oxygen atoms in total. The van der Waals surface area contributed by atoms with Crippen molar-refractivity contribution in [2.75, 3.05) is 5.32 Å². The molecule has 0 amide bonds. The Kier molecular flexibility index (Phi) is 2.28. The number of hydrogen-bond acceptors (Lipinski definition) is 4. The van der Waals surface area contributed by atoms with Gasteiger partial charge in [-0.25, -0.2) is 9.97 Å². The average Bonchev–Trinajstić information content (AvgIpc) is 3.12. The summed E-state index contributed by atoms with van der Waals surface area (Å²) in [5, 5.41) is 8.99. The molecule has 1 saturated carbocycles. The molecule has 0 bridgehead atoms. The van der Waals surface area contributed by atoms with Gasteiger partial charge in [0.1, 0.15) is 5.82 Å². The molecular weight excluding hydrogens is 250 g/mol. The molecule has 5 heteroatoms. The number of hydrogen-bond donors (Lipinski definition) is 1. The molecule has 0 spiro atoms. The molecule has 0 saturated heterocycles. The van der Waals surface area contributed by atoms with Crippen molar-refractivity contribution in [3.8, 4) is 0 Å². The van der Waals surface area contributed by atoms with Crippen molar-refractivity contribution in [1.82, 2.24) is 19.6 Å². The summed E-state index contributed by atoms with van der Waals surface area (Å²) in [6, 6.07) is 4.83. The lowest BCUT2D eigenvalue weighted by molar-refractivity contribution is 0.896. The molecule has 1 fully saturated rings. The number of rotatable bonds is 2. The van der Waals surface area contributed by atoms with Crippen LogP contribution in [0.2, 0.25) is 0 Å². The largest absolute Gasteiger partial charge is 0.351 e. The van der Waals surface area contributed by atoms with Crippen molar-refractivity contribution < 1.29 is 0 Å². The van der Waals surface area contributed by atoms with Crippen LogP contribution < -0.4 is 5.32 Å². The first-order valence-corrected chi connectivity index (χ1v) is 7.03. The van der Waals surface area contributed by atoms with E-state index in [9.17, 15) is 0 Å². The van der Waals surface area contributed by atoms with E-state index in [0.717, 1.165) is 28.3 Å². The van der Waals surface area contributed by atoms with E-state index >= 15 is 0 Å². The number of aromatic nitrogens is 4. The van der Waals surface area contributed by atoms with E-state index in [2.05, 4.69) is 41.4 Å². The summed E-state index contributed by atoms with van der Waals surface area (Å²) in [6.07, 6.45) is 2.42. The fraction of sp³-hybridized carbons (Fsp3) is 0.400. The van der Waals surface area contributed by atoms with Crippen LogP contribution in [0.5, 0.6) is 0 Å². The SMILES string of the molecule is Cc1nc2c3cc(C)c(C)cc3nc(NC3CC3)n2n1. The second kappa shape index (κ2) is 3.91. The third-order valence-electron chi connectivity index (χ3n) is 3.90. The number of anilines is 1. The highest BCUT2D eigenvalue weighted by atomic mass is 15.4. The summed E-state index contributed by atoms with van der Waals surface area (Å²) in [7, 11) is 0. The van der Waals surface area contributed by atoms with Crippen molar-refractivity contribution in [3.63, 3.8) is 0 Å². The molecule has 3 aromatic rings. The maximum absolute atomic E-state index is 4.75. The monoisotopic (exact) mass is 267 g/mol. The number of nitrogens with zero attached hydrogens (tertiary/aromatic N) is 4. The van der Waals surface area contributed by atoms with Crippen LogP contribution in [0.4, 0.5) is 5.95 Å². The number of fused-ring (bicyclic) bond motifs is 3. The maximum Gasteiger partial charge on any atom is 0.226 e. The van der Waals surface area contributed by atoms with Gasteiger partial charge in [-0.2, -0.15) is 4.52 Å². The van der Waals surface area contributed by atoms with Crippen LogP contribution in [0, 0.1) is 20.8 Å². The lowest BCUT2D eigenvalue weighted by Gasteiger charge is -2.09. The highest BCUT2D eigenvalue weighted by molar-refractivity contribution is 5.93. The lowest BCUT2D eigenvalue weighted by Crippen LogP contribution is -2.09. The summed E-state index contributed by atoms with van der Waals surface area (Å²) in [5.41, 5.74) is 4.38. The Morgan fingerprint density at radius 3 is 2.60 bits per heavy atom. The molecule has 1 aliphatic rings. The predicted molar refractivity (Wildman–Crippen MR) is 79.1 cm³/mol. The van der Waals surface area contributed by atoms with Crippen LogP contribution in [0.15, 0.2) is 12.1 Å². The predicted octanol–water partition coefficient (Wildman–Crippen LogP) is 2.78. The van der Waals surface area contributed by atoms with Crippen LogP contribution >= 0.6 is 0 Å². The van der Waals surface area contributed by atoms with Gasteiger partial charge in [-0.3, -0.25) is 0 Å². The molecule has 0 atom stereocenters. The minimum Gasteiger partial charge on any atom is -0.351 e. The molecule has 1 aromatic carbocycles. The number of aryl methyl sites for hydroxylation is 3. The Labute approximate surface area is 117 Å². The zero-order valence-corrected chi connectivity index (χ0v) is 11.9.